The minimum atomic E-state index is -3.85. The Bertz CT molecular complexity index is 468. The first-order chi connectivity index (χ1) is 6.38. The Morgan fingerprint density at radius 3 is 2.50 bits per heavy atom. The Morgan fingerprint density at radius 2 is 1.93 bits per heavy atom. The number of halogens is 3. The SMILES string of the molecule is O=S(=O)(Cl)/C=C/c1cc(F)ccc1F. The molecule has 14 heavy (non-hydrogen) atoms. The molecule has 0 bridgehead atoms. The first kappa shape index (κ1) is 11.1. The lowest BCUT2D eigenvalue weighted by Gasteiger charge is -1.95. The Kier molecular flexibility index (Phi) is 3.23. The first-order valence-corrected chi connectivity index (χ1v) is 5.83. The molecule has 0 saturated heterocycles. The highest BCUT2D eigenvalue weighted by Crippen LogP contribution is 2.12. The van der Waals surface area contributed by atoms with Crippen molar-refractivity contribution in [2.24, 2.45) is 0 Å². The van der Waals surface area contributed by atoms with Crippen LogP contribution in [0.4, 0.5) is 8.78 Å². The van der Waals surface area contributed by atoms with Gasteiger partial charge in [-0.25, -0.2) is 17.2 Å². The van der Waals surface area contributed by atoms with Gasteiger partial charge in [-0.3, -0.25) is 0 Å². The second kappa shape index (κ2) is 4.06. The van der Waals surface area contributed by atoms with Crippen molar-refractivity contribution in [3.8, 4) is 0 Å². The van der Waals surface area contributed by atoms with Crippen molar-refractivity contribution >= 4 is 25.8 Å². The van der Waals surface area contributed by atoms with Crippen LogP contribution in [0.1, 0.15) is 5.56 Å². The Morgan fingerprint density at radius 1 is 1.29 bits per heavy atom. The van der Waals surface area contributed by atoms with Gasteiger partial charge in [-0.1, -0.05) is 0 Å². The van der Waals surface area contributed by atoms with Crippen LogP contribution in [0.3, 0.4) is 0 Å². The average molecular weight is 239 g/mol. The van der Waals surface area contributed by atoms with Gasteiger partial charge in [-0.05, 0) is 24.3 Å². The second-order valence-electron chi connectivity index (χ2n) is 2.44. The lowest BCUT2D eigenvalue weighted by Crippen LogP contribution is -1.85. The van der Waals surface area contributed by atoms with Gasteiger partial charge in [0.05, 0.1) is 0 Å². The maximum Gasteiger partial charge on any atom is 0.254 e. The van der Waals surface area contributed by atoms with Crippen LogP contribution >= 0.6 is 10.7 Å². The molecule has 76 valence electrons. The van der Waals surface area contributed by atoms with Gasteiger partial charge in [0.2, 0.25) is 0 Å². The van der Waals surface area contributed by atoms with Crippen LogP contribution in [-0.4, -0.2) is 8.42 Å². The zero-order valence-corrected chi connectivity index (χ0v) is 8.32. The smallest absolute Gasteiger partial charge is 0.208 e. The third-order valence-electron chi connectivity index (χ3n) is 1.37. The topological polar surface area (TPSA) is 34.1 Å². The predicted octanol–water partition coefficient (Wildman–Crippen LogP) is 2.50. The van der Waals surface area contributed by atoms with Gasteiger partial charge >= 0.3 is 0 Å². The van der Waals surface area contributed by atoms with Crippen LogP contribution in [0, 0.1) is 11.6 Å². The van der Waals surface area contributed by atoms with Crippen LogP contribution in [0.15, 0.2) is 23.6 Å². The summed E-state index contributed by atoms with van der Waals surface area (Å²) in [6.07, 6.45) is 0.890. The fraction of sp³-hybridized carbons (Fsp3) is 0. The molecule has 0 amide bonds. The molecule has 0 radical (unpaired) electrons. The fourth-order valence-electron chi connectivity index (χ4n) is 0.797. The van der Waals surface area contributed by atoms with Crippen molar-refractivity contribution in [1.29, 1.82) is 0 Å². The van der Waals surface area contributed by atoms with Gasteiger partial charge in [0.1, 0.15) is 11.6 Å². The molecule has 0 heterocycles. The van der Waals surface area contributed by atoms with E-state index in [4.69, 9.17) is 10.7 Å². The molecule has 0 spiro atoms. The van der Waals surface area contributed by atoms with Crippen molar-refractivity contribution in [2.45, 2.75) is 0 Å². The van der Waals surface area contributed by atoms with E-state index in [0.29, 0.717) is 5.41 Å². The molecule has 1 aromatic carbocycles. The normalized spacial score (nSPS) is 12.2. The minimum Gasteiger partial charge on any atom is -0.208 e. The molecule has 0 unspecified atom stereocenters. The van der Waals surface area contributed by atoms with E-state index >= 15 is 0 Å². The fourth-order valence-corrected chi connectivity index (χ4v) is 1.26. The summed E-state index contributed by atoms with van der Waals surface area (Å²) in [6.45, 7) is 0. The van der Waals surface area contributed by atoms with Crippen LogP contribution < -0.4 is 0 Å². The molecule has 1 rings (SSSR count). The van der Waals surface area contributed by atoms with E-state index in [1.807, 2.05) is 0 Å². The number of benzene rings is 1. The molecule has 0 atom stereocenters. The van der Waals surface area contributed by atoms with E-state index in [2.05, 4.69) is 0 Å². The van der Waals surface area contributed by atoms with E-state index in [-0.39, 0.29) is 5.56 Å². The van der Waals surface area contributed by atoms with Crippen molar-refractivity contribution in [3.63, 3.8) is 0 Å². The summed E-state index contributed by atoms with van der Waals surface area (Å²) < 4.78 is 46.4. The third-order valence-corrected chi connectivity index (χ3v) is 2.14. The monoisotopic (exact) mass is 238 g/mol. The standard InChI is InChI=1S/C8H5ClF2O2S/c9-14(12,13)4-3-6-5-7(10)1-2-8(6)11/h1-5H/b4-3+. The molecule has 0 aliphatic heterocycles. The molecule has 0 N–H and O–H groups in total. The van der Waals surface area contributed by atoms with E-state index in [0.717, 1.165) is 24.3 Å². The van der Waals surface area contributed by atoms with E-state index in [1.54, 1.807) is 0 Å². The predicted molar refractivity (Wildman–Crippen MR) is 50.2 cm³/mol. The summed E-state index contributed by atoms with van der Waals surface area (Å²) in [6, 6.07) is 2.70. The highest BCUT2D eigenvalue weighted by atomic mass is 35.7. The van der Waals surface area contributed by atoms with Gasteiger partial charge in [-0.15, -0.1) is 0 Å². The number of rotatable bonds is 2. The Balaban J connectivity index is 3.09. The zero-order valence-electron chi connectivity index (χ0n) is 6.75. The highest BCUT2D eigenvalue weighted by molar-refractivity contribution is 8.16. The molecule has 0 fully saturated rings. The molecular formula is C8H5ClF2O2S. The summed E-state index contributed by atoms with van der Waals surface area (Å²) in [7, 11) is 0.995. The van der Waals surface area contributed by atoms with E-state index in [9.17, 15) is 17.2 Å². The van der Waals surface area contributed by atoms with Gasteiger partial charge < -0.3 is 0 Å². The molecule has 2 nitrogen and oxygen atoms in total. The number of hydrogen-bond acceptors (Lipinski definition) is 2. The lowest BCUT2D eigenvalue weighted by atomic mass is 10.2. The van der Waals surface area contributed by atoms with Crippen molar-refractivity contribution in [2.75, 3.05) is 0 Å². The Labute approximate surface area is 84.2 Å². The summed E-state index contributed by atoms with van der Waals surface area (Å²) >= 11 is 0. The highest BCUT2D eigenvalue weighted by Gasteiger charge is 2.02. The summed E-state index contributed by atoms with van der Waals surface area (Å²) in [4.78, 5) is 0. The summed E-state index contributed by atoms with van der Waals surface area (Å²) in [5.74, 6) is -1.37. The van der Waals surface area contributed by atoms with Gasteiger partial charge in [-0.2, -0.15) is 0 Å². The molecule has 6 heteroatoms. The molecule has 1 aromatic rings. The molecular weight excluding hydrogens is 234 g/mol. The van der Waals surface area contributed by atoms with E-state index in [1.165, 1.54) is 0 Å². The van der Waals surface area contributed by atoms with Crippen LogP contribution in [-0.2, 0) is 9.05 Å². The van der Waals surface area contributed by atoms with Crippen molar-refractivity contribution in [1.82, 2.24) is 0 Å². The molecule has 0 aliphatic rings. The van der Waals surface area contributed by atoms with Crippen LogP contribution in [0.5, 0.6) is 0 Å². The number of hydrogen-bond donors (Lipinski definition) is 0. The summed E-state index contributed by atoms with van der Waals surface area (Å²) in [5.41, 5.74) is -0.172. The largest absolute Gasteiger partial charge is 0.254 e. The average Bonchev–Trinajstić information content (AvgIpc) is 2.05. The first-order valence-electron chi connectivity index (χ1n) is 3.46. The Hall–Kier alpha value is -0.940. The van der Waals surface area contributed by atoms with E-state index < -0.39 is 20.7 Å². The third kappa shape index (κ3) is 3.43. The van der Waals surface area contributed by atoms with Gasteiger partial charge in [0.15, 0.2) is 0 Å². The van der Waals surface area contributed by atoms with Crippen LogP contribution in [0.25, 0.3) is 6.08 Å². The van der Waals surface area contributed by atoms with Gasteiger partial charge in [0.25, 0.3) is 9.05 Å². The molecule has 0 aromatic heterocycles. The van der Waals surface area contributed by atoms with Crippen LogP contribution in [0.2, 0.25) is 0 Å². The summed E-state index contributed by atoms with van der Waals surface area (Å²) in [5, 5.41) is 0.590. The molecule has 0 saturated carbocycles. The maximum atomic E-state index is 12.9. The lowest BCUT2D eigenvalue weighted by molar-refractivity contribution is 0.598. The van der Waals surface area contributed by atoms with Gasteiger partial charge in [0, 0.05) is 21.7 Å². The van der Waals surface area contributed by atoms with Crippen molar-refractivity contribution in [3.05, 3.63) is 40.8 Å². The maximum absolute atomic E-state index is 12.9. The quantitative estimate of drug-likeness (QED) is 0.742. The molecule has 0 aliphatic carbocycles. The van der Waals surface area contributed by atoms with Crippen molar-refractivity contribution < 1.29 is 17.2 Å². The zero-order chi connectivity index (χ0) is 10.8. The second-order valence-corrected chi connectivity index (χ2v) is 4.96. The minimum absolute atomic E-state index is 0.172.